The molecular formula is C15H23N3O3. The Morgan fingerprint density at radius 3 is 2.57 bits per heavy atom. The topological polar surface area (TPSA) is 64.4 Å². The van der Waals surface area contributed by atoms with Crippen LogP contribution in [-0.2, 0) is 20.9 Å². The predicted molar refractivity (Wildman–Crippen MR) is 77.6 cm³/mol. The molecule has 0 spiro atoms. The standard InChI is InChI=1S/C15H23N3O3/c1-13-10-16-18(11-13)9-6-15(20)21-12-14(19)17-7-4-2-3-5-8-17/h10-11H,2-9,12H2,1H3. The molecule has 0 N–H and O–H groups in total. The van der Waals surface area contributed by atoms with Gasteiger partial charge in [-0.2, -0.15) is 5.10 Å². The van der Waals surface area contributed by atoms with Crippen LogP contribution >= 0.6 is 0 Å². The molecule has 116 valence electrons. The van der Waals surface area contributed by atoms with Crippen molar-refractivity contribution < 1.29 is 14.3 Å². The Balaban J connectivity index is 1.66. The fourth-order valence-electron chi connectivity index (χ4n) is 2.42. The lowest BCUT2D eigenvalue weighted by atomic mass is 10.2. The number of aromatic nitrogens is 2. The Morgan fingerprint density at radius 1 is 1.24 bits per heavy atom. The number of rotatable bonds is 5. The van der Waals surface area contributed by atoms with Crippen molar-refractivity contribution in [3.8, 4) is 0 Å². The molecule has 6 nitrogen and oxygen atoms in total. The van der Waals surface area contributed by atoms with Gasteiger partial charge in [0.05, 0.1) is 19.2 Å². The number of likely N-dealkylation sites (tertiary alicyclic amines) is 1. The Bertz CT molecular complexity index is 476. The molecule has 2 rings (SSSR count). The van der Waals surface area contributed by atoms with E-state index in [2.05, 4.69) is 5.10 Å². The first-order valence-electron chi connectivity index (χ1n) is 7.57. The second-order valence-electron chi connectivity index (χ2n) is 5.49. The van der Waals surface area contributed by atoms with E-state index in [9.17, 15) is 9.59 Å². The van der Waals surface area contributed by atoms with Crippen molar-refractivity contribution in [1.29, 1.82) is 0 Å². The molecule has 2 heterocycles. The van der Waals surface area contributed by atoms with Crippen molar-refractivity contribution in [2.24, 2.45) is 0 Å². The van der Waals surface area contributed by atoms with Gasteiger partial charge in [-0.1, -0.05) is 12.8 Å². The number of hydrogen-bond acceptors (Lipinski definition) is 4. The largest absolute Gasteiger partial charge is 0.456 e. The van der Waals surface area contributed by atoms with Gasteiger partial charge in [0.25, 0.3) is 5.91 Å². The van der Waals surface area contributed by atoms with Gasteiger partial charge < -0.3 is 9.64 Å². The number of carbonyl (C=O) groups is 2. The molecule has 0 radical (unpaired) electrons. The van der Waals surface area contributed by atoms with E-state index in [1.165, 1.54) is 12.8 Å². The predicted octanol–water partition coefficient (Wildman–Crippen LogP) is 1.53. The van der Waals surface area contributed by atoms with Gasteiger partial charge in [-0.25, -0.2) is 0 Å². The zero-order valence-corrected chi connectivity index (χ0v) is 12.6. The van der Waals surface area contributed by atoms with Gasteiger partial charge in [-0.05, 0) is 25.3 Å². The second-order valence-corrected chi connectivity index (χ2v) is 5.49. The summed E-state index contributed by atoms with van der Waals surface area (Å²) in [5.41, 5.74) is 1.06. The number of amides is 1. The van der Waals surface area contributed by atoms with E-state index in [0.29, 0.717) is 6.54 Å². The molecule has 1 fully saturated rings. The van der Waals surface area contributed by atoms with Crippen LogP contribution in [-0.4, -0.2) is 46.3 Å². The van der Waals surface area contributed by atoms with E-state index in [1.54, 1.807) is 15.8 Å². The zero-order valence-electron chi connectivity index (χ0n) is 12.6. The number of ether oxygens (including phenoxy) is 1. The average molecular weight is 293 g/mol. The normalized spacial score (nSPS) is 15.6. The highest BCUT2D eigenvalue weighted by Gasteiger charge is 2.17. The van der Waals surface area contributed by atoms with Crippen LogP contribution in [0.2, 0.25) is 0 Å². The van der Waals surface area contributed by atoms with E-state index >= 15 is 0 Å². The molecule has 1 saturated heterocycles. The summed E-state index contributed by atoms with van der Waals surface area (Å²) in [6.45, 7) is 3.84. The molecule has 0 unspecified atom stereocenters. The third-order valence-corrected chi connectivity index (χ3v) is 3.62. The Labute approximate surface area is 125 Å². The lowest BCUT2D eigenvalue weighted by Crippen LogP contribution is -2.35. The second kappa shape index (κ2) is 7.81. The first-order chi connectivity index (χ1) is 10.1. The molecule has 21 heavy (non-hydrogen) atoms. The molecule has 1 aromatic rings. The first-order valence-corrected chi connectivity index (χ1v) is 7.57. The fourth-order valence-corrected chi connectivity index (χ4v) is 2.42. The van der Waals surface area contributed by atoms with Gasteiger partial charge in [0, 0.05) is 19.3 Å². The molecule has 6 heteroatoms. The number of esters is 1. The summed E-state index contributed by atoms with van der Waals surface area (Å²) in [6, 6.07) is 0. The Kier molecular flexibility index (Phi) is 5.78. The molecule has 1 amide bonds. The third kappa shape index (κ3) is 5.21. The average Bonchev–Trinajstić information content (AvgIpc) is 2.73. The molecular weight excluding hydrogens is 270 g/mol. The minimum Gasteiger partial charge on any atom is -0.456 e. The molecule has 0 saturated carbocycles. The van der Waals surface area contributed by atoms with Crippen LogP contribution in [0.15, 0.2) is 12.4 Å². The first kappa shape index (κ1) is 15.5. The molecule has 0 atom stereocenters. The van der Waals surface area contributed by atoms with Crippen molar-refractivity contribution >= 4 is 11.9 Å². The zero-order chi connectivity index (χ0) is 15.1. The third-order valence-electron chi connectivity index (χ3n) is 3.62. The van der Waals surface area contributed by atoms with Crippen LogP contribution in [0.1, 0.15) is 37.7 Å². The smallest absolute Gasteiger partial charge is 0.308 e. The highest BCUT2D eigenvalue weighted by molar-refractivity contribution is 5.80. The number of carbonyl (C=O) groups excluding carboxylic acids is 2. The van der Waals surface area contributed by atoms with Crippen LogP contribution in [0.25, 0.3) is 0 Å². The van der Waals surface area contributed by atoms with Crippen molar-refractivity contribution in [2.45, 2.75) is 45.6 Å². The van der Waals surface area contributed by atoms with Gasteiger partial charge in [0.15, 0.2) is 6.61 Å². The van der Waals surface area contributed by atoms with E-state index in [1.807, 2.05) is 13.1 Å². The van der Waals surface area contributed by atoms with Gasteiger partial charge in [-0.15, -0.1) is 0 Å². The minimum atomic E-state index is -0.355. The van der Waals surface area contributed by atoms with Crippen molar-refractivity contribution in [1.82, 2.24) is 14.7 Å². The van der Waals surface area contributed by atoms with Gasteiger partial charge in [0.1, 0.15) is 0 Å². The lowest BCUT2D eigenvalue weighted by Gasteiger charge is -2.19. The number of nitrogens with zero attached hydrogens (tertiary/aromatic N) is 3. The number of aryl methyl sites for hydroxylation is 2. The van der Waals surface area contributed by atoms with Crippen LogP contribution in [0.3, 0.4) is 0 Å². The molecule has 0 aliphatic carbocycles. The molecule has 1 aromatic heterocycles. The van der Waals surface area contributed by atoms with Gasteiger partial charge in [-0.3, -0.25) is 14.3 Å². The fraction of sp³-hybridized carbons (Fsp3) is 0.667. The maximum Gasteiger partial charge on any atom is 0.308 e. The maximum atomic E-state index is 12.0. The summed E-state index contributed by atoms with van der Waals surface area (Å²) < 4.78 is 6.76. The maximum absolute atomic E-state index is 12.0. The van der Waals surface area contributed by atoms with Crippen LogP contribution in [0.4, 0.5) is 0 Å². The summed E-state index contributed by atoms with van der Waals surface area (Å²) in [6.07, 6.45) is 8.27. The quantitative estimate of drug-likeness (QED) is 0.772. The Hall–Kier alpha value is -1.85. The van der Waals surface area contributed by atoms with Crippen LogP contribution < -0.4 is 0 Å². The van der Waals surface area contributed by atoms with Crippen molar-refractivity contribution in [3.05, 3.63) is 18.0 Å². The summed E-state index contributed by atoms with van der Waals surface area (Å²) in [4.78, 5) is 25.4. The SMILES string of the molecule is Cc1cnn(CCC(=O)OCC(=O)N2CCCCCC2)c1. The van der Waals surface area contributed by atoms with E-state index < -0.39 is 0 Å². The van der Waals surface area contributed by atoms with E-state index in [0.717, 1.165) is 31.5 Å². The van der Waals surface area contributed by atoms with E-state index in [-0.39, 0.29) is 24.9 Å². The van der Waals surface area contributed by atoms with Crippen LogP contribution in [0, 0.1) is 6.92 Å². The van der Waals surface area contributed by atoms with Crippen molar-refractivity contribution in [3.63, 3.8) is 0 Å². The molecule has 0 aromatic carbocycles. The summed E-state index contributed by atoms with van der Waals surface area (Å²) >= 11 is 0. The summed E-state index contributed by atoms with van der Waals surface area (Å²) in [7, 11) is 0. The van der Waals surface area contributed by atoms with E-state index in [4.69, 9.17) is 4.74 Å². The van der Waals surface area contributed by atoms with Crippen LogP contribution in [0.5, 0.6) is 0 Å². The van der Waals surface area contributed by atoms with Gasteiger partial charge in [0.2, 0.25) is 0 Å². The summed E-state index contributed by atoms with van der Waals surface area (Å²) in [5, 5.41) is 4.10. The number of hydrogen-bond donors (Lipinski definition) is 0. The minimum absolute atomic E-state index is 0.0832. The molecule has 0 bridgehead atoms. The monoisotopic (exact) mass is 293 g/mol. The summed E-state index contributed by atoms with van der Waals surface area (Å²) in [5.74, 6) is -0.438. The molecule has 1 aliphatic heterocycles. The highest BCUT2D eigenvalue weighted by atomic mass is 16.5. The van der Waals surface area contributed by atoms with Crippen molar-refractivity contribution in [2.75, 3.05) is 19.7 Å². The van der Waals surface area contributed by atoms with Gasteiger partial charge >= 0.3 is 5.97 Å². The lowest BCUT2D eigenvalue weighted by molar-refractivity contribution is -0.152. The molecule has 1 aliphatic rings. The highest BCUT2D eigenvalue weighted by Crippen LogP contribution is 2.09. The Morgan fingerprint density at radius 2 is 1.95 bits per heavy atom.